The fourth-order valence-corrected chi connectivity index (χ4v) is 2.61. The summed E-state index contributed by atoms with van der Waals surface area (Å²) in [5.74, 6) is 0.417. The third kappa shape index (κ3) is 4.49. The van der Waals surface area contributed by atoms with Crippen LogP contribution >= 0.6 is 11.6 Å². The second kappa shape index (κ2) is 8.18. The maximum absolute atomic E-state index is 12.5. The van der Waals surface area contributed by atoms with Gasteiger partial charge in [0.2, 0.25) is 5.91 Å². The molecule has 0 bridgehead atoms. The van der Waals surface area contributed by atoms with E-state index in [2.05, 4.69) is 10.6 Å². The summed E-state index contributed by atoms with van der Waals surface area (Å²) in [6, 6.07) is 13.2. The Hall–Kier alpha value is -2.04. The highest BCUT2D eigenvalue weighted by molar-refractivity contribution is 6.31. The van der Waals surface area contributed by atoms with Crippen LogP contribution in [0.4, 0.5) is 5.69 Å². The normalized spacial score (nSPS) is 13.2. The molecule has 128 valence electrons. The number of hydrogen-bond acceptors (Lipinski definition) is 3. The number of carbonyl (C=O) groups excluding carboxylic acids is 1. The van der Waals surface area contributed by atoms with Gasteiger partial charge in [-0.25, -0.2) is 0 Å². The lowest BCUT2D eigenvalue weighted by atomic mass is 10.1. The Labute approximate surface area is 148 Å². The first-order valence-corrected chi connectivity index (χ1v) is 8.26. The molecule has 0 radical (unpaired) electrons. The summed E-state index contributed by atoms with van der Waals surface area (Å²) >= 11 is 6.10. The molecule has 1 amide bonds. The van der Waals surface area contributed by atoms with E-state index in [4.69, 9.17) is 16.3 Å². The number of amides is 1. The number of benzene rings is 2. The molecule has 0 aliphatic rings. The summed E-state index contributed by atoms with van der Waals surface area (Å²) in [6.45, 7) is 5.76. The molecule has 2 aromatic carbocycles. The third-order valence-corrected chi connectivity index (χ3v) is 4.34. The van der Waals surface area contributed by atoms with E-state index in [1.165, 1.54) is 0 Å². The van der Waals surface area contributed by atoms with Crippen molar-refractivity contribution >= 4 is 23.2 Å². The standard InChI is InChI=1S/C19H23ClN2O2/c1-12-10-17(18(24-4)11-16(12)20)22-19(23)14(3)21-13(2)15-8-6-5-7-9-15/h5-11,13-14,21H,1-4H3,(H,22,23)/t13-,14-/m1/s1. The van der Waals surface area contributed by atoms with E-state index in [-0.39, 0.29) is 18.0 Å². The van der Waals surface area contributed by atoms with E-state index in [9.17, 15) is 4.79 Å². The van der Waals surface area contributed by atoms with Gasteiger partial charge in [0.25, 0.3) is 0 Å². The van der Waals surface area contributed by atoms with Crippen molar-refractivity contribution in [2.75, 3.05) is 12.4 Å². The van der Waals surface area contributed by atoms with Gasteiger partial charge in [-0.3, -0.25) is 10.1 Å². The summed E-state index contributed by atoms with van der Waals surface area (Å²) in [6.07, 6.45) is 0. The minimum absolute atomic E-state index is 0.0702. The van der Waals surface area contributed by atoms with Crippen LogP contribution in [0.5, 0.6) is 5.75 Å². The quantitative estimate of drug-likeness (QED) is 0.818. The third-order valence-electron chi connectivity index (χ3n) is 3.93. The van der Waals surface area contributed by atoms with Gasteiger partial charge in [0, 0.05) is 17.1 Å². The molecule has 0 unspecified atom stereocenters. The van der Waals surface area contributed by atoms with E-state index in [1.807, 2.05) is 57.2 Å². The van der Waals surface area contributed by atoms with Crippen molar-refractivity contribution in [2.45, 2.75) is 32.9 Å². The number of aryl methyl sites for hydroxylation is 1. The summed E-state index contributed by atoms with van der Waals surface area (Å²) in [4.78, 5) is 12.5. The highest BCUT2D eigenvalue weighted by Gasteiger charge is 2.18. The molecular formula is C19H23ClN2O2. The van der Waals surface area contributed by atoms with Gasteiger partial charge in [0.15, 0.2) is 0 Å². The Morgan fingerprint density at radius 1 is 1.17 bits per heavy atom. The Morgan fingerprint density at radius 2 is 1.83 bits per heavy atom. The summed E-state index contributed by atoms with van der Waals surface area (Å²) in [5.41, 5.74) is 2.63. The Kier molecular flexibility index (Phi) is 6.23. The molecule has 0 aliphatic heterocycles. The largest absolute Gasteiger partial charge is 0.495 e. The molecule has 24 heavy (non-hydrogen) atoms. The zero-order valence-electron chi connectivity index (χ0n) is 14.4. The monoisotopic (exact) mass is 346 g/mol. The Morgan fingerprint density at radius 3 is 2.46 bits per heavy atom. The van der Waals surface area contributed by atoms with Crippen molar-refractivity contribution < 1.29 is 9.53 Å². The number of methoxy groups -OCH3 is 1. The summed E-state index contributed by atoms with van der Waals surface area (Å²) < 4.78 is 5.29. The van der Waals surface area contributed by atoms with Crippen LogP contribution in [0.15, 0.2) is 42.5 Å². The molecule has 0 fully saturated rings. The molecule has 0 saturated heterocycles. The fourth-order valence-electron chi connectivity index (χ4n) is 2.46. The number of nitrogens with one attached hydrogen (secondary N) is 2. The summed E-state index contributed by atoms with van der Waals surface area (Å²) in [5, 5.41) is 6.81. The van der Waals surface area contributed by atoms with Crippen LogP contribution in [0.3, 0.4) is 0 Å². The van der Waals surface area contributed by atoms with Crippen LogP contribution < -0.4 is 15.4 Å². The van der Waals surface area contributed by atoms with Gasteiger partial charge in [0.1, 0.15) is 5.75 Å². The molecule has 0 spiro atoms. The van der Waals surface area contributed by atoms with E-state index in [0.717, 1.165) is 11.1 Å². The van der Waals surface area contributed by atoms with Crippen molar-refractivity contribution in [1.29, 1.82) is 0 Å². The Bertz CT molecular complexity index is 704. The average molecular weight is 347 g/mol. The molecule has 0 saturated carbocycles. The van der Waals surface area contributed by atoms with Crippen LogP contribution in [0.2, 0.25) is 5.02 Å². The van der Waals surface area contributed by atoms with Crippen molar-refractivity contribution in [3.63, 3.8) is 0 Å². The number of rotatable bonds is 6. The van der Waals surface area contributed by atoms with E-state index in [0.29, 0.717) is 16.5 Å². The van der Waals surface area contributed by atoms with E-state index < -0.39 is 0 Å². The minimum atomic E-state index is -0.360. The lowest BCUT2D eigenvalue weighted by molar-refractivity contribution is -0.117. The van der Waals surface area contributed by atoms with Crippen molar-refractivity contribution in [2.24, 2.45) is 0 Å². The average Bonchev–Trinajstić information content (AvgIpc) is 2.58. The molecule has 2 aromatic rings. The molecule has 5 heteroatoms. The van der Waals surface area contributed by atoms with Crippen molar-refractivity contribution in [3.8, 4) is 5.75 Å². The van der Waals surface area contributed by atoms with Gasteiger partial charge in [-0.05, 0) is 38.0 Å². The van der Waals surface area contributed by atoms with Gasteiger partial charge in [-0.1, -0.05) is 41.9 Å². The highest BCUT2D eigenvalue weighted by atomic mass is 35.5. The molecule has 2 rings (SSSR count). The molecule has 4 nitrogen and oxygen atoms in total. The predicted molar refractivity (Wildman–Crippen MR) is 98.8 cm³/mol. The zero-order valence-corrected chi connectivity index (χ0v) is 15.1. The van der Waals surface area contributed by atoms with E-state index in [1.54, 1.807) is 13.2 Å². The first-order chi connectivity index (χ1) is 11.4. The van der Waals surface area contributed by atoms with Gasteiger partial charge >= 0.3 is 0 Å². The van der Waals surface area contributed by atoms with Crippen LogP contribution in [0, 0.1) is 6.92 Å². The topological polar surface area (TPSA) is 50.4 Å². The van der Waals surface area contributed by atoms with Gasteiger partial charge in [-0.15, -0.1) is 0 Å². The maximum atomic E-state index is 12.5. The minimum Gasteiger partial charge on any atom is -0.495 e. The number of anilines is 1. The second-order valence-corrected chi connectivity index (χ2v) is 6.22. The van der Waals surface area contributed by atoms with E-state index >= 15 is 0 Å². The second-order valence-electron chi connectivity index (χ2n) is 5.81. The Balaban J connectivity index is 2.05. The lowest BCUT2D eigenvalue weighted by Crippen LogP contribution is -2.39. The number of carbonyl (C=O) groups is 1. The fraction of sp³-hybridized carbons (Fsp3) is 0.316. The predicted octanol–water partition coefficient (Wildman–Crippen LogP) is 4.33. The molecule has 0 aromatic heterocycles. The number of halogens is 1. The first kappa shape index (κ1) is 18.3. The first-order valence-electron chi connectivity index (χ1n) is 7.88. The number of hydrogen-bond donors (Lipinski definition) is 2. The van der Waals surface area contributed by atoms with Crippen LogP contribution in [0.25, 0.3) is 0 Å². The van der Waals surface area contributed by atoms with Gasteiger partial charge in [0.05, 0.1) is 18.8 Å². The lowest BCUT2D eigenvalue weighted by Gasteiger charge is -2.21. The number of ether oxygens (including phenoxy) is 1. The molecule has 0 aliphatic carbocycles. The molecule has 0 heterocycles. The van der Waals surface area contributed by atoms with Crippen LogP contribution in [-0.4, -0.2) is 19.1 Å². The van der Waals surface area contributed by atoms with Gasteiger partial charge < -0.3 is 10.1 Å². The smallest absolute Gasteiger partial charge is 0.241 e. The maximum Gasteiger partial charge on any atom is 0.241 e. The van der Waals surface area contributed by atoms with Crippen LogP contribution in [0.1, 0.15) is 31.0 Å². The van der Waals surface area contributed by atoms with Crippen molar-refractivity contribution in [3.05, 3.63) is 58.6 Å². The van der Waals surface area contributed by atoms with Crippen LogP contribution in [-0.2, 0) is 4.79 Å². The molecular weight excluding hydrogens is 324 g/mol. The highest BCUT2D eigenvalue weighted by Crippen LogP contribution is 2.31. The molecule has 2 atom stereocenters. The van der Waals surface area contributed by atoms with Gasteiger partial charge in [-0.2, -0.15) is 0 Å². The summed E-state index contributed by atoms with van der Waals surface area (Å²) in [7, 11) is 1.55. The zero-order chi connectivity index (χ0) is 17.7. The SMILES string of the molecule is COc1cc(Cl)c(C)cc1NC(=O)[C@@H](C)N[C@H](C)c1ccccc1. The van der Waals surface area contributed by atoms with Crippen molar-refractivity contribution in [1.82, 2.24) is 5.32 Å². The molecule has 2 N–H and O–H groups in total.